The van der Waals surface area contributed by atoms with Crippen molar-refractivity contribution in [3.8, 4) is 11.4 Å². The number of aromatic nitrogens is 2. The highest BCUT2D eigenvalue weighted by molar-refractivity contribution is 5.58. The zero-order valence-electron chi connectivity index (χ0n) is 13.3. The van der Waals surface area contributed by atoms with Gasteiger partial charge in [0.2, 0.25) is 0 Å². The molecule has 0 aliphatic heterocycles. The van der Waals surface area contributed by atoms with E-state index in [1.165, 1.54) is 11.1 Å². The van der Waals surface area contributed by atoms with Gasteiger partial charge < -0.3 is 4.74 Å². The van der Waals surface area contributed by atoms with Crippen LogP contribution in [0.4, 0.5) is 0 Å². The molecule has 23 heavy (non-hydrogen) atoms. The lowest BCUT2D eigenvalue weighted by molar-refractivity contribution is 0.124. The number of hydrogen-bond acceptors (Lipinski definition) is 3. The number of nitrogens with zero attached hydrogens (tertiary/aromatic N) is 2. The van der Waals surface area contributed by atoms with E-state index in [9.17, 15) is 0 Å². The minimum atomic E-state index is 0.638. The maximum Gasteiger partial charge on any atom is 0.0922 e. The Bertz CT molecular complexity index is 742. The predicted molar refractivity (Wildman–Crippen MR) is 92.0 cm³/mol. The standard InChI is InChI=1S/C20H20N2O/c1-16-10-11-18(20(22-16)19-9-5-6-13-21-19)12-14-23-15-17-7-3-2-4-8-17/h2-11,13H,12,14-15H2,1H3. The first-order chi connectivity index (χ1) is 11.3. The molecule has 0 aliphatic carbocycles. The second kappa shape index (κ2) is 7.65. The maximum absolute atomic E-state index is 5.80. The van der Waals surface area contributed by atoms with E-state index in [0.717, 1.165) is 23.5 Å². The fourth-order valence-electron chi connectivity index (χ4n) is 2.46. The van der Waals surface area contributed by atoms with Gasteiger partial charge in [-0.2, -0.15) is 0 Å². The highest BCUT2D eigenvalue weighted by Crippen LogP contribution is 2.20. The van der Waals surface area contributed by atoms with E-state index >= 15 is 0 Å². The van der Waals surface area contributed by atoms with Crippen LogP contribution in [0.25, 0.3) is 11.4 Å². The van der Waals surface area contributed by atoms with Gasteiger partial charge in [0.05, 0.1) is 24.6 Å². The second-order valence-corrected chi connectivity index (χ2v) is 5.46. The molecule has 1 aromatic carbocycles. The van der Waals surface area contributed by atoms with Crippen molar-refractivity contribution in [1.29, 1.82) is 0 Å². The highest BCUT2D eigenvalue weighted by Gasteiger charge is 2.08. The summed E-state index contributed by atoms with van der Waals surface area (Å²) in [5.74, 6) is 0. The largest absolute Gasteiger partial charge is 0.376 e. The molecule has 3 heteroatoms. The van der Waals surface area contributed by atoms with Crippen molar-refractivity contribution in [1.82, 2.24) is 9.97 Å². The quantitative estimate of drug-likeness (QED) is 0.640. The van der Waals surface area contributed by atoms with E-state index in [0.29, 0.717) is 13.2 Å². The van der Waals surface area contributed by atoms with Gasteiger partial charge in [0.1, 0.15) is 0 Å². The third-order valence-corrected chi connectivity index (χ3v) is 3.65. The Morgan fingerprint density at radius 1 is 0.913 bits per heavy atom. The second-order valence-electron chi connectivity index (χ2n) is 5.46. The maximum atomic E-state index is 5.80. The SMILES string of the molecule is Cc1ccc(CCOCc2ccccc2)c(-c2ccccn2)n1. The van der Waals surface area contributed by atoms with Crippen LogP contribution in [0.2, 0.25) is 0 Å². The van der Waals surface area contributed by atoms with E-state index in [1.54, 1.807) is 6.20 Å². The molecule has 0 fully saturated rings. The Morgan fingerprint density at radius 2 is 1.74 bits per heavy atom. The Morgan fingerprint density at radius 3 is 2.52 bits per heavy atom. The van der Waals surface area contributed by atoms with Crippen LogP contribution < -0.4 is 0 Å². The summed E-state index contributed by atoms with van der Waals surface area (Å²) in [6, 6.07) is 20.3. The lowest BCUT2D eigenvalue weighted by Crippen LogP contribution is -2.03. The Kier molecular flexibility index (Phi) is 5.12. The van der Waals surface area contributed by atoms with Gasteiger partial charge >= 0.3 is 0 Å². The molecule has 0 saturated carbocycles. The molecule has 3 nitrogen and oxygen atoms in total. The predicted octanol–water partition coefficient (Wildman–Crippen LogP) is 4.21. The first-order valence-corrected chi connectivity index (χ1v) is 7.82. The van der Waals surface area contributed by atoms with Crippen LogP contribution in [0.15, 0.2) is 66.9 Å². The summed E-state index contributed by atoms with van der Waals surface area (Å²) in [5, 5.41) is 0. The average molecular weight is 304 g/mol. The van der Waals surface area contributed by atoms with Gasteiger partial charge in [-0.25, -0.2) is 0 Å². The average Bonchev–Trinajstić information content (AvgIpc) is 2.61. The molecule has 0 unspecified atom stereocenters. The monoisotopic (exact) mass is 304 g/mol. The number of rotatable bonds is 6. The van der Waals surface area contributed by atoms with Crippen molar-refractivity contribution in [2.75, 3.05) is 6.61 Å². The lowest BCUT2D eigenvalue weighted by Gasteiger charge is -2.10. The third-order valence-electron chi connectivity index (χ3n) is 3.65. The third kappa shape index (κ3) is 4.24. The Balaban J connectivity index is 1.66. The van der Waals surface area contributed by atoms with Gasteiger partial charge in [-0.15, -0.1) is 0 Å². The van der Waals surface area contributed by atoms with Crippen LogP contribution in [0.1, 0.15) is 16.8 Å². The molecule has 3 rings (SSSR count). The molecule has 2 aromatic heterocycles. The van der Waals surface area contributed by atoms with Crippen LogP contribution in [-0.4, -0.2) is 16.6 Å². The van der Waals surface area contributed by atoms with Gasteiger partial charge in [0, 0.05) is 11.9 Å². The van der Waals surface area contributed by atoms with Crippen molar-refractivity contribution in [2.45, 2.75) is 20.0 Å². The van der Waals surface area contributed by atoms with E-state index < -0.39 is 0 Å². The van der Waals surface area contributed by atoms with Crippen molar-refractivity contribution in [3.05, 3.63) is 83.7 Å². The minimum Gasteiger partial charge on any atom is -0.376 e. The molecule has 0 amide bonds. The van der Waals surface area contributed by atoms with Crippen LogP contribution in [0.5, 0.6) is 0 Å². The van der Waals surface area contributed by atoms with Gasteiger partial charge in [-0.1, -0.05) is 42.5 Å². The molecule has 116 valence electrons. The van der Waals surface area contributed by atoms with E-state index in [1.807, 2.05) is 49.4 Å². The number of ether oxygens (including phenoxy) is 1. The summed E-state index contributed by atoms with van der Waals surface area (Å²) in [6.45, 7) is 3.31. The molecule has 0 aliphatic rings. The zero-order valence-corrected chi connectivity index (χ0v) is 13.3. The van der Waals surface area contributed by atoms with Crippen molar-refractivity contribution >= 4 is 0 Å². The van der Waals surface area contributed by atoms with Gasteiger partial charge in [0.25, 0.3) is 0 Å². The normalized spacial score (nSPS) is 10.7. The lowest BCUT2D eigenvalue weighted by atomic mass is 10.1. The Hall–Kier alpha value is -2.52. The van der Waals surface area contributed by atoms with Crippen LogP contribution in [0, 0.1) is 6.92 Å². The highest BCUT2D eigenvalue weighted by atomic mass is 16.5. The van der Waals surface area contributed by atoms with E-state index in [-0.39, 0.29) is 0 Å². The van der Waals surface area contributed by atoms with Crippen molar-refractivity contribution < 1.29 is 4.74 Å². The fraction of sp³-hybridized carbons (Fsp3) is 0.200. The van der Waals surface area contributed by atoms with Crippen molar-refractivity contribution in [3.63, 3.8) is 0 Å². The fourth-order valence-corrected chi connectivity index (χ4v) is 2.46. The minimum absolute atomic E-state index is 0.638. The van der Waals surface area contributed by atoms with Crippen molar-refractivity contribution in [2.24, 2.45) is 0 Å². The Labute approximate surface area is 137 Å². The van der Waals surface area contributed by atoms with Crippen LogP contribution >= 0.6 is 0 Å². The first kappa shape index (κ1) is 15.4. The number of aryl methyl sites for hydroxylation is 1. The summed E-state index contributed by atoms with van der Waals surface area (Å²) in [6.07, 6.45) is 2.63. The summed E-state index contributed by atoms with van der Waals surface area (Å²) in [4.78, 5) is 9.09. The molecular weight excluding hydrogens is 284 g/mol. The molecule has 2 heterocycles. The molecule has 0 atom stereocenters. The first-order valence-electron chi connectivity index (χ1n) is 7.82. The number of benzene rings is 1. The zero-order chi connectivity index (χ0) is 15.9. The molecule has 0 saturated heterocycles. The number of hydrogen-bond donors (Lipinski definition) is 0. The van der Waals surface area contributed by atoms with E-state index in [4.69, 9.17) is 4.74 Å². The molecule has 0 spiro atoms. The molecular formula is C20H20N2O. The van der Waals surface area contributed by atoms with Crippen LogP contribution in [-0.2, 0) is 17.8 Å². The summed E-state index contributed by atoms with van der Waals surface area (Å²) >= 11 is 0. The van der Waals surface area contributed by atoms with Gasteiger partial charge in [-0.3, -0.25) is 9.97 Å². The topological polar surface area (TPSA) is 35.0 Å². The number of pyridine rings is 2. The molecule has 0 N–H and O–H groups in total. The summed E-state index contributed by atoms with van der Waals surface area (Å²) < 4.78 is 5.80. The van der Waals surface area contributed by atoms with Crippen LogP contribution in [0.3, 0.4) is 0 Å². The van der Waals surface area contributed by atoms with Gasteiger partial charge in [0.15, 0.2) is 0 Å². The van der Waals surface area contributed by atoms with E-state index in [2.05, 4.69) is 28.2 Å². The molecule has 0 radical (unpaired) electrons. The van der Waals surface area contributed by atoms with Gasteiger partial charge in [-0.05, 0) is 42.7 Å². The molecule has 0 bridgehead atoms. The summed E-state index contributed by atoms with van der Waals surface area (Å²) in [7, 11) is 0. The summed E-state index contributed by atoms with van der Waals surface area (Å²) in [5.41, 5.74) is 5.23. The smallest absolute Gasteiger partial charge is 0.0922 e. The molecule has 3 aromatic rings.